The third-order valence-electron chi connectivity index (χ3n) is 7.44. The zero-order chi connectivity index (χ0) is 26.3. The fourth-order valence-electron chi connectivity index (χ4n) is 5.26. The summed E-state index contributed by atoms with van der Waals surface area (Å²) < 4.78 is 0. The van der Waals surface area contributed by atoms with Crippen LogP contribution in [0, 0.1) is 5.92 Å². The first-order chi connectivity index (χ1) is 18.1. The lowest BCUT2D eigenvalue weighted by molar-refractivity contribution is -0.140. The molecule has 0 fully saturated rings. The van der Waals surface area contributed by atoms with Crippen LogP contribution in [0.3, 0.4) is 0 Å². The molecule has 198 valence electrons. The summed E-state index contributed by atoms with van der Waals surface area (Å²) in [6.07, 6.45) is 17.2. The van der Waals surface area contributed by atoms with Crippen molar-refractivity contribution in [3.8, 4) is 0 Å². The number of carbonyl (C=O) groups excluding carboxylic acids is 2. The minimum Gasteiger partial charge on any atom is -0.481 e. The van der Waals surface area contributed by atoms with Gasteiger partial charge in [0.1, 0.15) is 12.2 Å². The maximum absolute atomic E-state index is 13.3. The Kier molecular flexibility index (Phi) is 12.3. The summed E-state index contributed by atoms with van der Waals surface area (Å²) in [5.41, 5.74) is 0.511. The number of hydrogen-bond acceptors (Lipinski definition) is 3. The average molecular weight is 503 g/mol. The molecule has 0 saturated carbocycles. The van der Waals surface area contributed by atoms with Crippen LogP contribution in [-0.4, -0.2) is 23.1 Å². The molecule has 0 aromatic heterocycles. The standard InChI is InChI=1S/C33H42O4/c34-23-16-12-10-8-6-4-2-1-3-5-7-9-11-13-21-30(33(36)37)32(35)29-22-17-20-28-24-26-18-14-15-19-27(26)25-31(28)29/h14-15,17-20,22-25,30H,1-13,16,21H2,(H,36,37). The highest BCUT2D eigenvalue weighted by Crippen LogP contribution is 2.28. The molecule has 0 spiro atoms. The molecule has 0 aliphatic heterocycles. The Bertz CT molecular complexity index is 1150. The number of carboxylic acids is 1. The number of carboxylic acid groups (broad SMARTS) is 1. The van der Waals surface area contributed by atoms with Gasteiger partial charge in [0.15, 0.2) is 5.78 Å². The molecule has 3 rings (SSSR count). The van der Waals surface area contributed by atoms with E-state index in [0.717, 1.165) is 53.5 Å². The summed E-state index contributed by atoms with van der Waals surface area (Å²) in [5.74, 6) is -2.29. The summed E-state index contributed by atoms with van der Waals surface area (Å²) in [6.45, 7) is 0. The van der Waals surface area contributed by atoms with E-state index < -0.39 is 11.9 Å². The number of ketones is 1. The van der Waals surface area contributed by atoms with Crippen molar-refractivity contribution >= 4 is 39.6 Å². The van der Waals surface area contributed by atoms with Crippen LogP contribution in [0.1, 0.15) is 107 Å². The normalized spacial score (nSPS) is 12.1. The molecule has 4 heteroatoms. The number of carbonyl (C=O) groups is 3. The molecule has 1 atom stereocenters. The van der Waals surface area contributed by atoms with Gasteiger partial charge in [-0.1, -0.05) is 120 Å². The van der Waals surface area contributed by atoms with Gasteiger partial charge in [0, 0.05) is 12.0 Å². The molecular formula is C33H42O4. The fraction of sp³-hybridized carbons (Fsp3) is 0.485. The summed E-state index contributed by atoms with van der Waals surface area (Å²) in [4.78, 5) is 35.6. The van der Waals surface area contributed by atoms with Crippen molar-refractivity contribution in [1.82, 2.24) is 0 Å². The van der Waals surface area contributed by atoms with Gasteiger partial charge < -0.3 is 9.90 Å². The quantitative estimate of drug-likeness (QED) is 0.0584. The molecule has 1 N–H and O–H groups in total. The van der Waals surface area contributed by atoms with Crippen molar-refractivity contribution in [1.29, 1.82) is 0 Å². The molecule has 4 nitrogen and oxygen atoms in total. The van der Waals surface area contributed by atoms with Gasteiger partial charge in [-0.05, 0) is 46.5 Å². The number of rotatable bonds is 19. The molecule has 37 heavy (non-hydrogen) atoms. The highest BCUT2D eigenvalue weighted by Gasteiger charge is 2.27. The Balaban J connectivity index is 1.38. The fourth-order valence-corrected chi connectivity index (χ4v) is 5.26. The number of hydrogen-bond donors (Lipinski definition) is 1. The zero-order valence-corrected chi connectivity index (χ0v) is 22.1. The minimum absolute atomic E-state index is 0.280. The van der Waals surface area contributed by atoms with Crippen molar-refractivity contribution < 1.29 is 19.5 Å². The smallest absolute Gasteiger partial charge is 0.314 e. The van der Waals surface area contributed by atoms with Crippen LogP contribution in [0.5, 0.6) is 0 Å². The van der Waals surface area contributed by atoms with E-state index in [0.29, 0.717) is 18.4 Å². The Labute approximate surface area is 221 Å². The Morgan fingerprint density at radius 2 is 1.16 bits per heavy atom. The van der Waals surface area contributed by atoms with E-state index in [9.17, 15) is 19.5 Å². The molecular weight excluding hydrogens is 460 g/mol. The van der Waals surface area contributed by atoms with Crippen LogP contribution >= 0.6 is 0 Å². The second-order valence-corrected chi connectivity index (χ2v) is 10.3. The van der Waals surface area contributed by atoms with Gasteiger partial charge in [-0.2, -0.15) is 0 Å². The largest absolute Gasteiger partial charge is 0.481 e. The van der Waals surface area contributed by atoms with Crippen LogP contribution < -0.4 is 0 Å². The third-order valence-corrected chi connectivity index (χ3v) is 7.44. The van der Waals surface area contributed by atoms with E-state index >= 15 is 0 Å². The molecule has 0 bridgehead atoms. The molecule has 0 saturated heterocycles. The van der Waals surface area contributed by atoms with Crippen molar-refractivity contribution in [2.75, 3.05) is 0 Å². The SMILES string of the molecule is O=CCCCCCCCCCCCCCCCC(C(=O)O)C(=O)c1cccc2cc3ccccc3cc12. The summed E-state index contributed by atoms with van der Waals surface area (Å²) in [5, 5.41) is 13.8. The molecule has 1 unspecified atom stereocenters. The minimum atomic E-state index is -1.02. The van der Waals surface area contributed by atoms with Crippen molar-refractivity contribution in [3.05, 3.63) is 60.2 Å². The Morgan fingerprint density at radius 3 is 1.73 bits per heavy atom. The second kappa shape index (κ2) is 16.0. The monoisotopic (exact) mass is 502 g/mol. The van der Waals surface area contributed by atoms with Crippen LogP contribution in [0.15, 0.2) is 54.6 Å². The molecule has 0 aliphatic carbocycles. The van der Waals surface area contributed by atoms with Crippen LogP contribution in [0.4, 0.5) is 0 Å². The van der Waals surface area contributed by atoms with Crippen molar-refractivity contribution in [2.24, 2.45) is 5.92 Å². The number of fused-ring (bicyclic) bond motifs is 2. The van der Waals surface area contributed by atoms with Crippen molar-refractivity contribution in [3.63, 3.8) is 0 Å². The van der Waals surface area contributed by atoms with E-state index in [1.807, 2.05) is 42.5 Å². The lowest BCUT2D eigenvalue weighted by atomic mass is 9.89. The average Bonchev–Trinajstić information content (AvgIpc) is 2.90. The second-order valence-electron chi connectivity index (χ2n) is 10.3. The van der Waals surface area contributed by atoms with Crippen molar-refractivity contribution in [2.45, 2.75) is 96.3 Å². The number of aldehydes is 1. The van der Waals surface area contributed by atoms with Crippen LogP contribution in [0.2, 0.25) is 0 Å². The number of unbranched alkanes of at least 4 members (excludes halogenated alkanes) is 13. The summed E-state index contributed by atoms with van der Waals surface area (Å²) in [7, 11) is 0. The highest BCUT2D eigenvalue weighted by atomic mass is 16.4. The zero-order valence-electron chi connectivity index (χ0n) is 22.1. The predicted octanol–water partition coefficient (Wildman–Crippen LogP) is 8.93. The first kappa shape index (κ1) is 28.6. The lowest BCUT2D eigenvalue weighted by Crippen LogP contribution is -2.24. The molecule has 0 aliphatic rings. The van der Waals surface area contributed by atoms with Crippen LogP contribution in [0.25, 0.3) is 21.5 Å². The van der Waals surface area contributed by atoms with E-state index in [1.165, 1.54) is 57.8 Å². The van der Waals surface area contributed by atoms with Crippen LogP contribution in [-0.2, 0) is 9.59 Å². The number of aliphatic carboxylic acids is 1. The third kappa shape index (κ3) is 9.10. The Morgan fingerprint density at radius 1 is 0.649 bits per heavy atom. The predicted molar refractivity (Wildman–Crippen MR) is 152 cm³/mol. The summed E-state index contributed by atoms with van der Waals surface area (Å²) in [6, 6.07) is 17.7. The summed E-state index contributed by atoms with van der Waals surface area (Å²) >= 11 is 0. The van der Waals surface area contributed by atoms with E-state index in [4.69, 9.17) is 0 Å². The molecule has 0 heterocycles. The lowest BCUT2D eigenvalue weighted by Gasteiger charge is -2.14. The molecule has 3 aromatic rings. The van der Waals surface area contributed by atoms with Gasteiger partial charge in [0.05, 0.1) is 0 Å². The van der Waals surface area contributed by atoms with Gasteiger partial charge in [-0.3, -0.25) is 9.59 Å². The van der Waals surface area contributed by atoms with Gasteiger partial charge in [0.25, 0.3) is 0 Å². The maximum atomic E-state index is 13.3. The molecule has 0 amide bonds. The van der Waals surface area contributed by atoms with E-state index in [2.05, 4.69) is 6.07 Å². The highest BCUT2D eigenvalue weighted by molar-refractivity contribution is 6.16. The Hall–Kier alpha value is -3.01. The van der Waals surface area contributed by atoms with Gasteiger partial charge >= 0.3 is 5.97 Å². The van der Waals surface area contributed by atoms with Gasteiger partial charge in [-0.15, -0.1) is 0 Å². The molecule has 3 aromatic carbocycles. The topological polar surface area (TPSA) is 71.4 Å². The first-order valence-electron chi connectivity index (χ1n) is 14.2. The van der Waals surface area contributed by atoms with Gasteiger partial charge in [-0.25, -0.2) is 0 Å². The molecule has 0 radical (unpaired) electrons. The van der Waals surface area contributed by atoms with Gasteiger partial charge in [0.2, 0.25) is 0 Å². The first-order valence-corrected chi connectivity index (χ1v) is 14.2. The maximum Gasteiger partial charge on any atom is 0.314 e. The number of benzene rings is 3. The number of Topliss-reactive ketones (excluding diaryl/α,β-unsaturated/α-hetero) is 1. The van der Waals surface area contributed by atoms with E-state index in [-0.39, 0.29) is 5.78 Å². The van der Waals surface area contributed by atoms with E-state index in [1.54, 1.807) is 6.07 Å².